The monoisotopic (exact) mass is 442 g/mol. The highest BCUT2D eigenvalue weighted by Gasteiger charge is 2.29. The third kappa shape index (κ3) is 4.99. The average molecular weight is 443 g/mol. The second kappa shape index (κ2) is 9.21. The van der Waals surface area contributed by atoms with Crippen molar-refractivity contribution in [2.24, 2.45) is 0 Å². The Morgan fingerprint density at radius 3 is 2.79 bits per heavy atom. The first kappa shape index (κ1) is 22.8. The van der Waals surface area contributed by atoms with Crippen LogP contribution in [0.4, 0.5) is 0 Å². The van der Waals surface area contributed by atoms with Gasteiger partial charge in [0.2, 0.25) is 5.91 Å². The van der Waals surface area contributed by atoms with Gasteiger partial charge in [-0.05, 0) is 63.8 Å². The Morgan fingerprint density at radius 2 is 2.09 bits per heavy atom. The molecule has 6 heteroatoms. The van der Waals surface area contributed by atoms with E-state index < -0.39 is 0 Å². The summed E-state index contributed by atoms with van der Waals surface area (Å²) in [6.07, 6.45) is 4.84. The third-order valence-electron chi connectivity index (χ3n) is 6.11. The number of fused-ring (bicyclic) bond motifs is 1. The largest absolute Gasteiger partial charge is 0.375 e. The number of rotatable bonds is 5. The molecule has 1 N–H and O–H groups in total. The number of hydrogen-bond donors (Lipinski definition) is 1. The number of carbonyl (C=O) groups is 1. The van der Waals surface area contributed by atoms with Gasteiger partial charge in [-0.2, -0.15) is 5.26 Å². The molecule has 0 radical (unpaired) electrons. The number of hydrogen-bond acceptors (Lipinski definition) is 4. The topological polar surface area (TPSA) is 79.9 Å². The van der Waals surface area contributed by atoms with E-state index in [-0.39, 0.29) is 17.6 Å². The quantitative estimate of drug-likeness (QED) is 0.583. The number of nitriles is 1. The van der Waals surface area contributed by atoms with Crippen molar-refractivity contribution in [3.05, 3.63) is 70.6 Å². The van der Waals surface area contributed by atoms with Gasteiger partial charge in [-0.3, -0.25) is 4.79 Å². The van der Waals surface area contributed by atoms with Crippen molar-refractivity contribution in [1.82, 2.24) is 14.9 Å². The second-order valence-corrected chi connectivity index (χ2v) is 9.36. The lowest BCUT2D eigenvalue weighted by Crippen LogP contribution is -2.45. The Bertz CT molecular complexity index is 1250. The van der Waals surface area contributed by atoms with Crippen LogP contribution in [0.5, 0.6) is 0 Å². The highest BCUT2D eigenvalue weighted by atomic mass is 16.5. The Labute approximate surface area is 194 Å². The fraction of sp³-hybridized carbons (Fsp3) is 0.370. The first-order chi connectivity index (χ1) is 15.8. The third-order valence-corrected chi connectivity index (χ3v) is 6.11. The molecular weight excluding hydrogens is 412 g/mol. The van der Waals surface area contributed by atoms with Crippen molar-refractivity contribution >= 4 is 23.0 Å². The van der Waals surface area contributed by atoms with Gasteiger partial charge in [0.05, 0.1) is 16.9 Å². The first-order valence-electron chi connectivity index (χ1n) is 11.3. The van der Waals surface area contributed by atoms with E-state index in [0.29, 0.717) is 24.4 Å². The highest BCUT2D eigenvalue weighted by Crippen LogP contribution is 2.30. The normalized spacial score (nSPS) is 17.8. The van der Waals surface area contributed by atoms with E-state index in [2.05, 4.69) is 11.4 Å². The van der Waals surface area contributed by atoms with Crippen molar-refractivity contribution in [1.29, 1.82) is 5.26 Å². The molecule has 3 aromatic rings. The predicted octanol–water partition coefficient (Wildman–Crippen LogP) is 4.66. The molecule has 0 aliphatic carbocycles. The molecule has 4 rings (SSSR count). The number of aryl methyl sites for hydroxylation is 2. The van der Waals surface area contributed by atoms with E-state index in [0.717, 1.165) is 40.7 Å². The van der Waals surface area contributed by atoms with Crippen molar-refractivity contribution < 1.29 is 9.53 Å². The van der Waals surface area contributed by atoms with Crippen LogP contribution in [0.25, 0.3) is 17.1 Å². The van der Waals surface area contributed by atoms with Crippen molar-refractivity contribution in [3.8, 4) is 6.07 Å². The van der Waals surface area contributed by atoms with Crippen LogP contribution in [0, 0.1) is 25.2 Å². The molecular formula is C27H30N4O2. The molecule has 3 heterocycles. The summed E-state index contributed by atoms with van der Waals surface area (Å²) >= 11 is 0. The van der Waals surface area contributed by atoms with Crippen LogP contribution < -0.4 is 5.32 Å². The van der Waals surface area contributed by atoms with Gasteiger partial charge in [0.15, 0.2) is 0 Å². The number of benzene rings is 1. The minimum Gasteiger partial charge on any atom is -0.375 e. The molecule has 0 bridgehead atoms. The predicted molar refractivity (Wildman–Crippen MR) is 130 cm³/mol. The summed E-state index contributed by atoms with van der Waals surface area (Å²) in [6, 6.07) is 14.5. The van der Waals surface area contributed by atoms with E-state index in [1.807, 2.05) is 68.7 Å². The number of ether oxygens (including phenoxy) is 1. The van der Waals surface area contributed by atoms with Crippen LogP contribution in [0.15, 0.2) is 42.5 Å². The summed E-state index contributed by atoms with van der Waals surface area (Å²) in [7, 11) is 0. The number of amides is 1. The fourth-order valence-electron chi connectivity index (χ4n) is 4.67. The fourth-order valence-corrected chi connectivity index (χ4v) is 4.67. The number of pyridine rings is 1. The van der Waals surface area contributed by atoms with Gasteiger partial charge < -0.3 is 14.6 Å². The van der Waals surface area contributed by atoms with Crippen LogP contribution in [0.1, 0.15) is 54.8 Å². The maximum absolute atomic E-state index is 12.8. The van der Waals surface area contributed by atoms with Crippen molar-refractivity contribution in [2.75, 3.05) is 6.61 Å². The maximum Gasteiger partial charge on any atom is 0.244 e. The SMILES string of the molecule is Cc1cc(C)c2c(C#N)c(C=CC(=O)NC3CCOC(C)(C)C3)n(Cc3ccccc3)c2n1. The summed E-state index contributed by atoms with van der Waals surface area (Å²) < 4.78 is 7.78. The van der Waals surface area contributed by atoms with Crippen LogP contribution in [0.2, 0.25) is 0 Å². The molecule has 1 aliphatic rings. The molecule has 6 nitrogen and oxygen atoms in total. The number of nitrogens with one attached hydrogen (secondary N) is 1. The van der Waals surface area contributed by atoms with Crippen molar-refractivity contribution in [3.63, 3.8) is 0 Å². The highest BCUT2D eigenvalue weighted by molar-refractivity contribution is 5.96. The molecule has 1 fully saturated rings. The Hall–Kier alpha value is -3.43. The molecule has 0 spiro atoms. The van der Waals surface area contributed by atoms with Gasteiger partial charge in [0.1, 0.15) is 11.7 Å². The summed E-state index contributed by atoms with van der Waals surface area (Å²) in [4.78, 5) is 17.5. The first-order valence-corrected chi connectivity index (χ1v) is 11.3. The van der Waals surface area contributed by atoms with E-state index >= 15 is 0 Å². The maximum atomic E-state index is 12.8. The summed E-state index contributed by atoms with van der Waals surface area (Å²) in [5, 5.41) is 14.0. The van der Waals surface area contributed by atoms with Gasteiger partial charge in [-0.1, -0.05) is 30.3 Å². The minimum absolute atomic E-state index is 0.0723. The molecule has 1 aromatic carbocycles. The van der Waals surface area contributed by atoms with Crippen LogP contribution in [-0.2, 0) is 16.1 Å². The van der Waals surface area contributed by atoms with Crippen LogP contribution in [0.3, 0.4) is 0 Å². The number of aromatic nitrogens is 2. The van der Waals surface area contributed by atoms with Gasteiger partial charge >= 0.3 is 0 Å². The molecule has 0 saturated carbocycles. The molecule has 33 heavy (non-hydrogen) atoms. The van der Waals surface area contributed by atoms with E-state index in [1.54, 1.807) is 6.08 Å². The molecule has 170 valence electrons. The standard InChI is InChI=1S/C27H30N4O2/c1-18-14-19(2)29-26-25(18)22(16-28)23(31(26)17-20-8-6-5-7-9-20)10-11-24(32)30-21-12-13-33-27(3,4)15-21/h5-11,14,21H,12-13,15,17H2,1-4H3,(H,30,32). The number of carbonyl (C=O) groups excluding carboxylic acids is 1. The number of nitrogens with zero attached hydrogens (tertiary/aromatic N) is 3. The molecule has 1 unspecified atom stereocenters. The lowest BCUT2D eigenvalue weighted by molar-refractivity contribution is -0.119. The minimum atomic E-state index is -0.239. The van der Waals surface area contributed by atoms with Crippen molar-refractivity contribution in [2.45, 2.75) is 58.7 Å². The van der Waals surface area contributed by atoms with E-state index in [1.165, 1.54) is 6.08 Å². The molecule has 1 aliphatic heterocycles. The van der Waals surface area contributed by atoms with E-state index in [4.69, 9.17) is 9.72 Å². The van der Waals surface area contributed by atoms with Gasteiger partial charge in [-0.25, -0.2) is 4.98 Å². The summed E-state index contributed by atoms with van der Waals surface area (Å²) in [5.41, 5.74) is 4.76. The molecule has 2 aromatic heterocycles. The molecule has 1 saturated heterocycles. The Balaban J connectivity index is 1.71. The average Bonchev–Trinajstić information content (AvgIpc) is 3.05. The van der Waals surface area contributed by atoms with Crippen LogP contribution >= 0.6 is 0 Å². The van der Waals surface area contributed by atoms with Gasteiger partial charge in [0.25, 0.3) is 0 Å². The summed E-state index contributed by atoms with van der Waals surface area (Å²) in [6.45, 7) is 9.23. The Kier molecular flexibility index (Phi) is 6.35. The molecule has 1 atom stereocenters. The second-order valence-electron chi connectivity index (χ2n) is 9.36. The van der Waals surface area contributed by atoms with Crippen LogP contribution in [-0.4, -0.2) is 33.7 Å². The zero-order chi connectivity index (χ0) is 23.6. The van der Waals surface area contributed by atoms with Gasteiger partial charge in [0, 0.05) is 36.3 Å². The van der Waals surface area contributed by atoms with E-state index in [9.17, 15) is 10.1 Å². The lowest BCUT2D eigenvalue weighted by Gasteiger charge is -2.35. The van der Waals surface area contributed by atoms with Gasteiger partial charge in [-0.15, -0.1) is 0 Å². The zero-order valence-electron chi connectivity index (χ0n) is 19.7. The molecule has 1 amide bonds. The summed E-state index contributed by atoms with van der Waals surface area (Å²) in [5.74, 6) is -0.168. The smallest absolute Gasteiger partial charge is 0.244 e. The zero-order valence-corrected chi connectivity index (χ0v) is 19.7. The lowest BCUT2D eigenvalue weighted by atomic mass is 9.94. The Morgan fingerprint density at radius 1 is 1.33 bits per heavy atom.